The lowest BCUT2D eigenvalue weighted by molar-refractivity contribution is -0.162. The molecule has 4 aromatic carbocycles. The molecule has 0 saturated carbocycles. The van der Waals surface area contributed by atoms with Gasteiger partial charge in [-0.1, -0.05) is 163 Å². The van der Waals surface area contributed by atoms with Crippen molar-refractivity contribution in [2.45, 2.75) is 69.7 Å². The first-order valence-electron chi connectivity index (χ1n) is 15.4. The lowest BCUT2D eigenvalue weighted by Crippen LogP contribution is -2.70. The maximum Gasteiger partial charge on any atom is 0.380 e. The number of carbonyl (C=O) groups excluding carboxylic acids is 1. The highest BCUT2D eigenvalue weighted by Gasteiger charge is 2.65. The van der Waals surface area contributed by atoms with E-state index in [2.05, 4.69) is 20.8 Å². The number of alkyl halides is 2. The average Bonchev–Trinajstić information content (AvgIpc) is 3.23. The van der Waals surface area contributed by atoms with Crippen LogP contribution < -0.4 is 20.7 Å². The molecule has 4 nitrogen and oxygen atoms in total. The first-order valence-corrected chi connectivity index (χ1v) is 19.2. The fraction of sp³-hybridized carbons (Fsp3) is 0.324. The van der Waals surface area contributed by atoms with Crippen LogP contribution in [0.15, 0.2) is 121 Å². The largest absolute Gasteiger partial charge is 0.452 e. The van der Waals surface area contributed by atoms with E-state index in [9.17, 15) is 4.79 Å². The number of benzene rings is 4. The van der Waals surface area contributed by atoms with E-state index in [0.29, 0.717) is 0 Å². The molecule has 2 atom stereocenters. The summed E-state index contributed by atoms with van der Waals surface area (Å²) in [6, 6.07) is 39.0. The number of carbonyl (C=O) groups is 1. The molecule has 236 valence electrons. The van der Waals surface area contributed by atoms with Crippen LogP contribution in [-0.4, -0.2) is 47.3 Å². The minimum atomic E-state index is -3.87. The number of esters is 1. The summed E-state index contributed by atoms with van der Waals surface area (Å²) in [6.45, 7) is 12.2. The highest BCUT2D eigenvalue weighted by atomic mass is 28.4. The van der Waals surface area contributed by atoms with Crippen LogP contribution in [0.5, 0.6) is 0 Å². The summed E-state index contributed by atoms with van der Waals surface area (Å²) in [5, 5.41) is 2.71. The molecule has 0 N–H and O–H groups in total. The lowest BCUT2D eigenvalue weighted by Gasteiger charge is -2.46. The van der Waals surface area contributed by atoms with Gasteiger partial charge in [-0.15, -0.1) is 0 Å². The van der Waals surface area contributed by atoms with Gasteiger partial charge in [0.05, 0.1) is 6.61 Å². The smallest absolute Gasteiger partial charge is 0.380 e. The summed E-state index contributed by atoms with van der Waals surface area (Å²) >= 11 is 0. The molecule has 0 bridgehead atoms. The molecular weight excluding hydrogens is 603 g/mol. The lowest BCUT2D eigenvalue weighted by atomic mass is 10.1. The first kappa shape index (κ1) is 32.9. The molecule has 1 aliphatic rings. The Kier molecular flexibility index (Phi) is 9.08. The third-order valence-electron chi connectivity index (χ3n) is 8.83. The molecule has 8 heteroatoms. The van der Waals surface area contributed by atoms with Crippen LogP contribution in [0.3, 0.4) is 0 Å². The molecule has 5 rings (SSSR count). The Morgan fingerprint density at radius 1 is 0.622 bits per heavy atom. The molecule has 0 radical (unpaired) electrons. The Hall–Kier alpha value is -3.44. The SMILES string of the molecule is CC(C)(C)[Si](OC[C@H]1OC(=O)C(F)(F)[C@@H]1O[Si](c1ccccc1)(c1ccccc1)C(C)(C)C)(c1ccccc1)c1ccccc1. The van der Waals surface area contributed by atoms with Crippen molar-refractivity contribution >= 4 is 43.4 Å². The van der Waals surface area contributed by atoms with Gasteiger partial charge in [-0.25, -0.2) is 4.79 Å². The van der Waals surface area contributed by atoms with Crippen LogP contribution >= 0.6 is 0 Å². The second-order valence-electron chi connectivity index (χ2n) is 13.7. The summed E-state index contributed by atoms with van der Waals surface area (Å²) in [4.78, 5) is 12.9. The zero-order chi connectivity index (χ0) is 32.5. The van der Waals surface area contributed by atoms with Gasteiger partial charge in [0, 0.05) is 0 Å². The number of hydrogen-bond donors (Lipinski definition) is 0. The van der Waals surface area contributed by atoms with Crippen LogP contribution in [0.2, 0.25) is 10.1 Å². The highest BCUT2D eigenvalue weighted by Crippen LogP contribution is 2.44. The standard InChI is InChI=1S/C37H42F2O4Si2/c1-35(2,3)44(28-19-11-7-12-20-28,29-21-13-8-14-22-29)41-27-32-33(37(38,39)34(40)42-32)43-45(36(4,5)6,30-23-15-9-16-24-30)31-25-17-10-18-26-31/h7-26,32-33H,27H2,1-6H3/t32-,33-/m1/s1. The molecular formula is C37H42F2O4Si2. The van der Waals surface area contributed by atoms with E-state index in [1.807, 2.05) is 142 Å². The van der Waals surface area contributed by atoms with Gasteiger partial charge in [0.25, 0.3) is 16.6 Å². The van der Waals surface area contributed by atoms with E-state index in [-0.39, 0.29) is 6.61 Å². The van der Waals surface area contributed by atoms with Crippen LogP contribution in [0.1, 0.15) is 41.5 Å². The van der Waals surface area contributed by atoms with E-state index < -0.39 is 50.8 Å². The summed E-state index contributed by atoms with van der Waals surface area (Å²) < 4.78 is 51.5. The van der Waals surface area contributed by atoms with E-state index in [1.54, 1.807) is 0 Å². The molecule has 4 aromatic rings. The van der Waals surface area contributed by atoms with Gasteiger partial charge in [-0.2, -0.15) is 8.78 Å². The van der Waals surface area contributed by atoms with Gasteiger partial charge in [-0.3, -0.25) is 0 Å². The second-order valence-corrected chi connectivity index (χ2v) is 22.3. The predicted octanol–water partition coefficient (Wildman–Crippen LogP) is 6.07. The molecule has 0 spiro atoms. The number of ether oxygens (including phenoxy) is 1. The predicted molar refractivity (Wildman–Crippen MR) is 181 cm³/mol. The fourth-order valence-electron chi connectivity index (χ4n) is 6.75. The number of halogens is 2. The molecule has 1 saturated heterocycles. The molecule has 0 aromatic heterocycles. The van der Waals surface area contributed by atoms with Crippen molar-refractivity contribution in [2.75, 3.05) is 6.61 Å². The van der Waals surface area contributed by atoms with Crippen LogP contribution in [0.4, 0.5) is 8.78 Å². The molecule has 45 heavy (non-hydrogen) atoms. The molecule has 1 aliphatic heterocycles. The van der Waals surface area contributed by atoms with Crippen molar-refractivity contribution in [1.82, 2.24) is 0 Å². The maximum atomic E-state index is 16.1. The third kappa shape index (κ3) is 5.85. The Morgan fingerprint density at radius 3 is 1.29 bits per heavy atom. The zero-order valence-electron chi connectivity index (χ0n) is 26.8. The number of cyclic esters (lactones) is 1. The van der Waals surface area contributed by atoms with E-state index in [0.717, 1.165) is 20.7 Å². The minimum Gasteiger partial charge on any atom is -0.452 e. The van der Waals surface area contributed by atoms with Crippen molar-refractivity contribution in [2.24, 2.45) is 0 Å². The average molecular weight is 645 g/mol. The fourth-order valence-corrected chi connectivity index (χ4v) is 16.0. The summed E-state index contributed by atoms with van der Waals surface area (Å²) in [7, 11) is -6.59. The van der Waals surface area contributed by atoms with Gasteiger partial charge < -0.3 is 13.6 Å². The molecule has 0 unspecified atom stereocenters. The van der Waals surface area contributed by atoms with Crippen molar-refractivity contribution in [3.63, 3.8) is 0 Å². The van der Waals surface area contributed by atoms with E-state index in [4.69, 9.17) is 13.6 Å². The van der Waals surface area contributed by atoms with Gasteiger partial charge in [0.2, 0.25) is 0 Å². The molecule has 1 fully saturated rings. The van der Waals surface area contributed by atoms with E-state index >= 15 is 8.78 Å². The van der Waals surface area contributed by atoms with Gasteiger partial charge >= 0.3 is 11.9 Å². The Morgan fingerprint density at radius 2 is 0.956 bits per heavy atom. The Balaban J connectivity index is 1.63. The Bertz CT molecular complexity index is 1490. The topological polar surface area (TPSA) is 44.8 Å². The van der Waals surface area contributed by atoms with Crippen LogP contribution in [0, 0.1) is 0 Å². The number of hydrogen-bond acceptors (Lipinski definition) is 4. The number of rotatable bonds is 9. The molecule has 1 heterocycles. The van der Waals surface area contributed by atoms with Gasteiger partial charge in [0.1, 0.15) is 0 Å². The quantitative estimate of drug-likeness (QED) is 0.164. The van der Waals surface area contributed by atoms with Crippen molar-refractivity contribution in [3.05, 3.63) is 121 Å². The zero-order valence-corrected chi connectivity index (χ0v) is 28.8. The second kappa shape index (κ2) is 12.4. The summed E-state index contributed by atoms with van der Waals surface area (Å²) in [6.07, 6.45) is -3.18. The van der Waals surface area contributed by atoms with Crippen LogP contribution in [-0.2, 0) is 18.4 Å². The highest BCUT2D eigenvalue weighted by molar-refractivity contribution is 7.00. The summed E-state index contributed by atoms with van der Waals surface area (Å²) in [5.74, 6) is -5.45. The maximum absolute atomic E-state index is 16.1. The normalized spacial score (nSPS) is 18.9. The van der Waals surface area contributed by atoms with Crippen LogP contribution in [0.25, 0.3) is 0 Å². The molecule has 0 amide bonds. The molecule has 0 aliphatic carbocycles. The van der Waals surface area contributed by atoms with Crippen molar-refractivity contribution in [3.8, 4) is 0 Å². The van der Waals surface area contributed by atoms with E-state index in [1.165, 1.54) is 0 Å². The first-order chi connectivity index (χ1) is 21.2. The third-order valence-corrected chi connectivity index (χ3v) is 18.8. The van der Waals surface area contributed by atoms with Crippen molar-refractivity contribution < 1.29 is 27.2 Å². The van der Waals surface area contributed by atoms with Gasteiger partial charge in [0.15, 0.2) is 12.2 Å². The minimum absolute atomic E-state index is 0.239. The van der Waals surface area contributed by atoms with Crippen molar-refractivity contribution in [1.29, 1.82) is 0 Å². The monoisotopic (exact) mass is 644 g/mol. The Labute approximate surface area is 267 Å². The summed E-state index contributed by atoms with van der Waals surface area (Å²) in [5.41, 5.74) is 0. The van der Waals surface area contributed by atoms with Gasteiger partial charge in [-0.05, 0) is 30.8 Å².